The number of nitrogens with zero attached hydrogens (tertiary/aromatic N) is 3. The van der Waals surface area contributed by atoms with Crippen LogP contribution in [0.2, 0.25) is 0 Å². The molecule has 0 spiro atoms. The van der Waals surface area contributed by atoms with Crippen molar-refractivity contribution in [1.29, 1.82) is 0 Å². The molecule has 1 atom stereocenters. The predicted octanol–water partition coefficient (Wildman–Crippen LogP) is 0.794. The van der Waals surface area contributed by atoms with Gasteiger partial charge in [-0.2, -0.15) is 0 Å². The molecule has 0 saturated carbocycles. The van der Waals surface area contributed by atoms with Crippen LogP contribution in [0, 0.1) is 12.8 Å². The van der Waals surface area contributed by atoms with Gasteiger partial charge < -0.3 is 15.2 Å². The van der Waals surface area contributed by atoms with Gasteiger partial charge in [-0.1, -0.05) is 0 Å². The molecular weight excluding hydrogens is 280 g/mol. The van der Waals surface area contributed by atoms with E-state index in [2.05, 4.69) is 9.55 Å². The van der Waals surface area contributed by atoms with Crippen LogP contribution in [0.1, 0.15) is 42.9 Å². The average molecular weight is 304 g/mol. The molecule has 1 aromatic heterocycles. The fourth-order valence-electron chi connectivity index (χ4n) is 3.59. The molecule has 2 amide bonds. The van der Waals surface area contributed by atoms with Gasteiger partial charge in [0.05, 0.1) is 18.0 Å². The van der Waals surface area contributed by atoms with Crippen molar-refractivity contribution in [2.24, 2.45) is 11.7 Å². The first-order chi connectivity index (χ1) is 10.6. The third kappa shape index (κ3) is 2.87. The number of hydrogen-bond donors (Lipinski definition) is 1. The van der Waals surface area contributed by atoms with E-state index in [-0.39, 0.29) is 17.7 Å². The number of aryl methyl sites for hydroxylation is 2. The number of rotatable bonds is 3. The maximum Gasteiger partial charge on any atom is 0.228 e. The number of hydrogen-bond acceptors (Lipinski definition) is 3. The van der Waals surface area contributed by atoms with Crippen molar-refractivity contribution in [2.75, 3.05) is 13.1 Å². The standard InChI is InChI=1S/C16H24N4O2/c1-11-13(20-8-3-2-6-14(20)18-11)9-15(21)19-7-4-5-12(10-19)16(17)22/h12H,2-10H2,1H3,(H2,17,22)/t12-/m0/s1. The number of amides is 2. The van der Waals surface area contributed by atoms with Crippen molar-refractivity contribution in [3.63, 3.8) is 0 Å². The van der Waals surface area contributed by atoms with E-state index in [0.717, 1.165) is 56.0 Å². The number of carbonyl (C=O) groups excluding carboxylic acids is 2. The molecule has 3 heterocycles. The summed E-state index contributed by atoms with van der Waals surface area (Å²) in [5, 5.41) is 0. The summed E-state index contributed by atoms with van der Waals surface area (Å²) in [5.74, 6) is 0.705. The SMILES string of the molecule is Cc1nc2n(c1CC(=O)N1CCC[C@H](C(N)=O)C1)CCCC2. The number of aromatic nitrogens is 2. The highest BCUT2D eigenvalue weighted by Gasteiger charge is 2.28. The molecule has 0 bridgehead atoms. The van der Waals surface area contributed by atoms with Gasteiger partial charge in [0, 0.05) is 31.7 Å². The minimum atomic E-state index is -0.296. The van der Waals surface area contributed by atoms with E-state index in [4.69, 9.17) is 5.73 Å². The van der Waals surface area contributed by atoms with Gasteiger partial charge in [-0.05, 0) is 32.6 Å². The zero-order chi connectivity index (χ0) is 15.7. The second-order valence-corrected chi connectivity index (χ2v) is 6.43. The van der Waals surface area contributed by atoms with E-state index >= 15 is 0 Å². The van der Waals surface area contributed by atoms with Gasteiger partial charge in [-0.3, -0.25) is 9.59 Å². The fraction of sp³-hybridized carbons (Fsp3) is 0.688. The minimum Gasteiger partial charge on any atom is -0.369 e. The Morgan fingerprint density at radius 1 is 1.27 bits per heavy atom. The lowest BCUT2D eigenvalue weighted by Crippen LogP contribution is -2.44. The maximum absolute atomic E-state index is 12.6. The molecular formula is C16H24N4O2. The molecule has 2 aliphatic heterocycles. The summed E-state index contributed by atoms with van der Waals surface area (Å²) in [6.45, 7) is 4.13. The molecule has 6 nitrogen and oxygen atoms in total. The molecule has 2 N–H and O–H groups in total. The van der Waals surface area contributed by atoms with E-state index < -0.39 is 0 Å². The summed E-state index contributed by atoms with van der Waals surface area (Å²) in [7, 11) is 0. The summed E-state index contributed by atoms with van der Waals surface area (Å²) in [4.78, 5) is 30.4. The van der Waals surface area contributed by atoms with E-state index in [1.165, 1.54) is 6.42 Å². The van der Waals surface area contributed by atoms with E-state index in [1.54, 1.807) is 4.90 Å². The molecule has 0 radical (unpaired) electrons. The van der Waals surface area contributed by atoms with Gasteiger partial charge in [-0.15, -0.1) is 0 Å². The van der Waals surface area contributed by atoms with Crippen LogP contribution in [0.5, 0.6) is 0 Å². The smallest absolute Gasteiger partial charge is 0.228 e. The van der Waals surface area contributed by atoms with Crippen LogP contribution in [0.15, 0.2) is 0 Å². The quantitative estimate of drug-likeness (QED) is 0.896. The third-order valence-electron chi connectivity index (χ3n) is 4.88. The molecule has 120 valence electrons. The number of fused-ring (bicyclic) bond motifs is 1. The van der Waals surface area contributed by atoms with Crippen LogP contribution < -0.4 is 5.73 Å². The first-order valence-corrected chi connectivity index (χ1v) is 8.18. The van der Waals surface area contributed by atoms with Crippen LogP contribution in [-0.4, -0.2) is 39.4 Å². The molecule has 3 rings (SSSR count). The van der Waals surface area contributed by atoms with Gasteiger partial charge in [0.2, 0.25) is 11.8 Å². The van der Waals surface area contributed by atoms with Crippen LogP contribution in [0.4, 0.5) is 0 Å². The second-order valence-electron chi connectivity index (χ2n) is 6.43. The Bertz CT molecular complexity index is 593. The predicted molar refractivity (Wildman–Crippen MR) is 82.1 cm³/mol. The highest BCUT2D eigenvalue weighted by atomic mass is 16.2. The number of primary amides is 1. The number of imidazole rings is 1. The number of likely N-dealkylation sites (tertiary alicyclic amines) is 1. The minimum absolute atomic E-state index is 0.0855. The Kier molecular flexibility index (Phi) is 4.18. The average Bonchev–Trinajstić information content (AvgIpc) is 2.83. The van der Waals surface area contributed by atoms with Crippen molar-refractivity contribution in [2.45, 2.75) is 52.0 Å². The molecule has 2 aliphatic rings. The van der Waals surface area contributed by atoms with Crippen molar-refractivity contribution in [3.8, 4) is 0 Å². The first kappa shape index (κ1) is 15.1. The van der Waals surface area contributed by atoms with Gasteiger partial charge in [0.25, 0.3) is 0 Å². The van der Waals surface area contributed by atoms with Gasteiger partial charge >= 0.3 is 0 Å². The topological polar surface area (TPSA) is 81.2 Å². The highest BCUT2D eigenvalue weighted by molar-refractivity contribution is 5.81. The summed E-state index contributed by atoms with van der Waals surface area (Å²) in [6.07, 6.45) is 5.35. The molecule has 0 aliphatic carbocycles. The van der Waals surface area contributed by atoms with Crippen molar-refractivity contribution >= 4 is 11.8 Å². The zero-order valence-electron chi connectivity index (χ0n) is 13.2. The monoisotopic (exact) mass is 304 g/mol. The maximum atomic E-state index is 12.6. The molecule has 0 aromatic carbocycles. The Balaban J connectivity index is 1.72. The van der Waals surface area contributed by atoms with E-state index in [9.17, 15) is 9.59 Å². The van der Waals surface area contributed by atoms with E-state index in [0.29, 0.717) is 13.0 Å². The molecule has 0 unspecified atom stereocenters. The second kappa shape index (κ2) is 6.10. The lowest BCUT2D eigenvalue weighted by molar-refractivity contribution is -0.134. The highest BCUT2D eigenvalue weighted by Crippen LogP contribution is 2.22. The Hall–Kier alpha value is -1.85. The van der Waals surface area contributed by atoms with Crippen molar-refractivity contribution in [1.82, 2.24) is 14.5 Å². The molecule has 1 aromatic rings. The summed E-state index contributed by atoms with van der Waals surface area (Å²) in [6, 6.07) is 0. The summed E-state index contributed by atoms with van der Waals surface area (Å²) < 4.78 is 2.21. The zero-order valence-corrected chi connectivity index (χ0v) is 13.2. The fourth-order valence-corrected chi connectivity index (χ4v) is 3.59. The van der Waals surface area contributed by atoms with Gasteiger partial charge in [-0.25, -0.2) is 4.98 Å². The number of piperidine rings is 1. The molecule has 1 fully saturated rings. The van der Waals surface area contributed by atoms with Crippen molar-refractivity contribution in [3.05, 3.63) is 17.2 Å². The normalized spacial score (nSPS) is 21.5. The van der Waals surface area contributed by atoms with Gasteiger partial charge in [0.1, 0.15) is 5.82 Å². The summed E-state index contributed by atoms with van der Waals surface area (Å²) in [5.41, 5.74) is 7.40. The Morgan fingerprint density at radius 3 is 2.86 bits per heavy atom. The van der Waals surface area contributed by atoms with Crippen molar-refractivity contribution < 1.29 is 9.59 Å². The molecule has 22 heavy (non-hydrogen) atoms. The van der Waals surface area contributed by atoms with Gasteiger partial charge in [0.15, 0.2) is 0 Å². The largest absolute Gasteiger partial charge is 0.369 e. The lowest BCUT2D eigenvalue weighted by Gasteiger charge is -2.31. The first-order valence-electron chi connectivity index (χ1n) is 8.18. The van der Waals surface area contributed by atoms with Crippen LogP contribution >= 0.6 is 0 Å². The number of carbonyl (C=O) groups is 2. The third-order valence-corrected chi connectivity index (χ3v) is 4.88. The molecule has 6 heteroatoms. The van der Waals surface area contributed by atoms with Crippen LogP contribution in [0.3, 0.4) is 0 Å². The lowest BCUT2D eigenvalue weighted by atomic mass is 9.97. The Labute approximate surface area is 130 Å². The number of nitrogens with two attached hydrogens (primary N) is 1. The molecule has 1 saturated heterocycles. The Morgan fingerprint density at radius 2 is 2.09 bits per heavy atom. The summed E-state index contributed by atoms with van der Waals surface area (Å²) >= 11 is 0. The van der Waals surface area contributed by atoms with E-state index in [1.807, 2.05) is 6.92 Å². The van der Waals surface area contributed by atoms with Crippen LogP contribution in [0.25, 0.3) is 0 Å². The van der Waals surface area contributed by atoms with Crippen LogP contribution in [-0.2, 0) is 29.0 Å².